The van der Waals surface area contributed by atoms with E-state index in [-0.39, 0.29) is 12.5 Å². The number of hydrogen-bond donors (Lipinski definition) is 2. The number of aromatic nitrogens is 2. The summed E-state index contributed by atoms with van der Waals surface area (Å²) in [5, 5.41) is 0. The van der Waals surface area contributed by atoms with E-state index in [9.17, 15) is 4.79 Å². The molecule has 0 saturated heterocycles. The zero-order chi connectivity index (χ0) is 12.4. The number of anilines is 1. The first-order valence-electron chi connectivity index (χ1n) is 5.24. The molecule has 0 spiro atoms. The average Bonchev–Trinajstić information content (AvgIpc) is 2.59. The first kappa shape index (κ1) is 11.2. The van der Waals surface area contributed by atoms with E-state index < -0.39 is 0 Å². The van der Waals surface area contributed by atoms with Gasteiger partial charge in [0, 0.05) is 17.4 Å². The van der Waals surface area contributed by atoms with E-state index >= 15 is 0 Å². The Kier molecular flexibility index (Phi) is 2.82. The first-order chi connectivity index (χ1) is 8.06. The standard InChI is InChI=1S/C12H14N4O/c1-8-6-16(7-11(14)17)12(15-8)9-2-4-10(13)5-3-9/h2-6H,7,13H2,1H3,(H2,14,17). The van der Waals surface area contributed by atoms with Crippen LogP contribution in [-0.2, 0) is 11.3 Å². The lowest BCUT2D eigenvalue weighted by molar-refractivity contribution is -0.118. The normalized spacial score (nSPS) is 10.4. The van der Waals surface area contributed by atoms with E-state index in [1.807, 2.05) is 19.1 Å². The van der Waals surface area contributed by atoms with Gasteiger partial charge in [-0.25, -0.2) is 4.98 Å². The fourth-order valence-electron chi connectivity index (χ4n) is 1.70. The van der Waals surface area contributed by atoms with Crippen LogP contribution in [0.4, 0.5) is 5.69 Å². The number of nitrogen functional groups attached to an aromatic ring is 1. The third-order valence-corrected chi connectivity index (χ3v) is 2.39. The summed E-state index contributed by atoms with van der Waals surface area (Å²) in [7, 11) is 0. The molecule has 5 nitrogen and oxygen atoms in total. The van der Waals surface area contributed by atoms with Crippen molar-refractivity contribution in [3.63, 3.8) is 0 Å². The summed E-state index contributed by atoms with van der Waals surface area (Å²) in [5.74, 6) is 0.334. The Bertz CT molecular complexity index is 542. The molecule has 0 unspecified atom stereocenters. The summed E-state index contributed by atoms with van der Waals surface area (Å²) < 4.78 is 1.74. The molecule has 4 N–H and O–H groups in total. The van der Waals surface area contributed by atoms with Gasteiger partial charge in [-0.05, 0) is 31.2 Å². The molecule has 0 bridgehead atoms. The highest BCUT2D eigenvalue weighted by molar-refractivity contribution is 5.74. The number of primary amides is 1. The van der Waals surface area contributed by atoms with Crippen LogP contribution in [0.25, 0.3) is 11.4 Å². The fourth-order valence-corrected chi connectivity index (χ4v) is 1.70. The number of carbonyl (C=O) groups excluding carboxylic acids is 1. The van der Waals surface area contributed by atoms with Crippen LogP contribution in [0.15, 0.2) is 30.5 Å². The Morgan fingerprint density at radius 1 is 1.35 bits per heavy atom. The summed E-state index contributed by atoms with van der Waals surface area (Å²) in [6.45, 7) is 2.00. The Morgan fingerprint density at radius 2 is 2.00 bits per heavy atom. The predicted molar refractivity (Wildman–Crippen MR) is 66.0 cm³/mol. The van der Waals surface area contributed by atoms with Gasteiger partial charge < -0.3 is 16.0 Å². The monoisotopic (exact) mass is 230 g/mol. The zero-order valence-corrected chi connectivity index (χ0v) is 9.55. The van der Waals surface area contributed by atoms with Gasteiger partial charge in [-0.3, -0.25) is 4.79 Å². The van der Waals surface area contributed by atoms with Gasteiger partial charge in [-0.1, -0.05) is 0 Å². The molecule has 0 fully saturated rings. The van der Waals surface area contributed by atoms with Crippen molar-refractivity contribution >= 4 is 11.6 Å². The lowest BCUT2D eigenvalue weighted by atomic mass is 10.2. The summed E-state index contributed by atoms with van der Waals surface area (Å²) in [4.78, 5) is 15.3. The highest BCUT2D eigenvalue weighted by Crippen LogP contribution is 2.20. The molecule has 0 aliphatic rings. The number of aryl methyl sites for hydroxylation is 1. The molecular formula is C12H14N4O. The maximum atomic E-state index is 11.0. The fraction of sp³-hybridized carbons (Fsp3) is 0.167. The van der Waals surface area contributed by atoms with Gasteiger partial charge in [0.1, 0.15) is 12.4 Å². The number of imidazole rings is 1. The van der Waals surface area contributed by atoms with Crippen molar-refractivity contribution in [2.75, 3.05) is 5.73 Å². The molecule has 0 atom stereocenters. The van der Waals surface area contributed by atoms with Crippen LogP contribution in [0.2, 0.25) is 0 Å². The SMILES string of the molecule is Cc1cn(CC(N)=O)c(-c2ccc(N)cc2)n1. The number of carbonyl (C=O) groups is 1. The quantitative estimate of drug-likeness (QED) is 0.769. The molecule has 0 aliphatic carbocycles. The summed E-state index contributed by atoms with van der Waals surface area (Å²) in [5.41, 5.74) is 13.3. The highest BCUT2D eigenvalue weighted by Gasteiger charge is 2.09. The number of benzene rings is 1. The van der Waals surface area contributed by atoms with Gasteiger partial charge in [-0.15, -0.1) is 0 Å². The average molecular weight is 230 g/mol. The molecule has 1 aromatic heterocycles. The van der Waals surface area contributed by atoms with Gasteiger partial charge in [0.25, 0.3) is 0 Å². The molecule has 0 aliphatic heterocycles. The van der Waals surface area contributed by atoms with Gasteiger partial charge >= 0.3 is 0 Å². The number of hydrogen-bond acceptors (Lipinski definition) is 3. The van der Waals surface area contributed by atoms with Crippen molar-refractivity contribution in [1.82, 2.24) is 9.55 Å². The molecule has 17 heavy (non-hydrogen) atoms. The van der Waals surface area contributed by atoms with Crippen molar-refractivity contribution in [2.45, 2.75) is 13.5 Å². The molecule has 2 aromatic rings. The molecule has 2 rings (SSSR count). The Hall–Kier alpha value is -2.30. The van der Waals surface area contributed by atoms with E-state index in [1.54, 1.807) is 22.9 Å². The second-order valence-corrected chi connectivity index (χ2v) is 3.92. The van der Waals surface area contributed by atoms with Crippen molar-refractivity contribution in [3.8, 4) is 11.4 Å². The number of amides is 1. The lowest BCUT2D eigenvalue weighted by Crippen LogP contribution is -2.18. The summed E-state index contributed by atoms with van der Waals surface area (Å²) in [6.07, 6.45) is 1.80. The second kappa shape index (κ2) is 4.29. The van der Waals surface area contributed by atoms with E-state index in [1.165, 1.54) is 0 Å². The smallest absolute Gasteiger partial charge is 0.237 e. The van der Waals surface area contributed by atoms with Crippen LogP contribution in [0.5, 0.6) is 0 Å². The van der Waals surface area contributed by atoms with Crippen LogP contribution in [0, 0.1) is 6.92 Å². The Labute approximate surface area is 99.1 Å². The number of nitrogens with zero attached hydrogens (tertiary/aromatic N) is 2. The van der Waals surface area contributed by atoms with E-state index in [4.69, 9.17) is 11.5 Å². The second-order valence-electron chi connectivity index (χ2n) is 3.92. The minimum absolute atomic E-state index is 0.126. The molecule has 5 heteroatoms. The molecule has 88 valence electrons. The molecule has 0 saturated carbocycles. The number of nitrogens with two attached hydrogens (primary N) is 2. The maximum Gasteiger partial charge on any atom is 0.237 e. The van der Waals surface area contributed by atoms with E-state index in [2.05, 4.69) is 4.98 Å². The maximum absolute atomic E-state index is 11.0. The van der Waals surface area contributed by atoms with Gasteiger partial charge in [0.05, 0.1) is 5.69 Å². The largest absolute Gasteiger partial charge is 0.399 e. The third kappa shape index (κ3) is 2.44. The topological polar surface area (TPSA) is 86.9 Å². The minimum Gasteiger partial charge on any atom is -0.399 e. The van der Waals surface area contributed by atoms with Crippen LogP contribution < -0.4 is 11.5 Å². The van der Waals surface area contributed by atoms with Crippen molar-refractivity contribution < 1.29 is 4.79 Å². The Morgan fingerprint density at radius 3 is 2.59 bits per heavy atom. The van der Waals surface area contributed by atoms with Crippen LogP contribution in [0.1, 0.15) is 5.69 Å². The van der Waals surface area contributed by atoms with Gasteiger partial charge in [-0.2, -0.15) is 0 Å². The van der Waals surface area contributed by atoms with Crippen molar-refractivity contribution in [2.24, 2.45) is 5.73 Å². The Balaban J connectivity index is 2.43. The number of rotatable bonds is 3. The summed E-state index contributed by atoms with van der Waals surface area (Å²) >= 11 is 0. The highest BCUT2D eigenvalue weighted by atomic mass is 16.1. The third-order valence-electron chi connectivity index (χ3n) is 2.39. The summed E-state index contributed by atoms with van der Waals surface area (Å²) in [6, 6.07) is 7.34. The first-order valence-corrected chi connectivity index (χ1v) is 5.24. The molecular weight excluding hydrogens is 216 g/mol. The van der Waals surface area contributed by atoms with E-state index in [0.717, 1.165) is 17.1 Å². The van der Waals surface area contributed by atoms with Crippen molar-refractivity contribution in [1.29, 1.82) is 0 Å². The zero-order valence-electron chi connectivity index (χ0n) is 9.55. The van der Waals surface area contributed by atoms with Crippen LogP contribution in [0.3, 0.4) is 0 Å². The van der Waals surface area contributed by atoms with Crippen LogP contribution >= 0.6 is 0 Å². The molecule has 0 radical (unpaired) electrons. The minimum atomic E-state index is -0.390. The van der Waals surface area contributed by atoms with Gasteiger partial charge in [0.15, 0.2) is 0 Å². The van der Waals surface area contributed by atoms with E-state index in [0.29, 0.717) is 5.69 Å². The predicted octanol–water partition coefficient (Wildman–Crippen LogP) is 0.926. The molecule has 1 heterocycles. The van der Waals surface area contributed by atoms with Crippen molar-refractivity contribution in [3.05, 3.63) is 36.2 Å². The van der Waals surface area contributed by atoms with Crippen LogP contribution in [-0.4, -0.2) is 15.5 Å². The lowest BCUT2D eigenvalue weighted by Gasteiger charge is -2.05. The molecule has 1 aromatic carbocycles. The molecule has 1 amide bonds. The van der Waals surface area contributed by atoms with Gasteiger partial charge in [0.2, 0.25) is 5.91 Å².